The van der Waals surface area contributed by atoms with E-state index in [4.69, 9.17) is 0 Å². The van der Waals surface area contributed by atoms with Crippen LogP contribution in [0.1, 0.15) is 0 Å². The van der Waals surface area contributed by atoms with Gasteiger partial charge in [0.25, 0.3) is 15.7 Å². The maximum absolute atomic E-state index is 12.9. The highest BCUT2D eigenvalue weighted by Gasteiger charge is 2.26. The van der Waals surface area contributed by atoms with Gasteiger partial charge in [-0.05, 0) is 12.1 Å². The van der Waals surface area contributed by atoms with Gasteiger partial charge in [-0.1, -0.05) is 4.89 Å². The van der Waals surface area contributed by atoms with Crippen molar-refractivity contribution in [2.24, 2.45) is 0 Å². The molecule has 0 radical (unpaired) electrons. The van der Waals surface area contributed by atoms with E-state index in [1.165, 1.54) is 7.11 Å². The molecule has 1 aromatic rings. The van der Waals surface area contributed by atoms with Gasteiger partial charge >= 0.3 is 0 Å². The number of benzene rings is 1. The van der Waals surface area contributed by atoms with Crippen LogP contribution < -0.4 is 4.89 Å². The van der Waals surface area contributed by atoms with Crippen LogP contribution >= 0.6 is 0 Å². The Morgan fingerprint density at radius 3 is 2.68 bits per heavy atom. The summed E-state index contributed by atoms with van der Waals surface area (Å²) < 4.78 is 41.0. The van der Waals surface area contributed by atoms with Crippen LogP contribution in [0, 0.1) is 15.9 Å². The Morgan fingerprint density at radius 2 is 2.11 bits per heavy atom. The molecule has 1 rings (SSSR count). The zero-order chi connectivity index (χ0) is 14.5. The van der Waals surface area contributed by atoms with E-state index in [0.29, 0.717) is 6.07 Å². The Kier molecular flexibility index (Phi) is 5.30. The lowest BCUT2D eigenvalue weighted by molar-refractivity contribution is -0.388. The molecular weight excluding hydrogens is 283 g/mol. The monoisotopic (exact) mass is 294 g/mol. The van der Waals surface area contributed by atoms with Gasteiger partial charge in [0.15, 0.2) is 4.90 Å². The van der Waals surface area contributed by atoms with Crippen molar-refractivity contribution >= 4 is 15.7 Å². The number of ether oxygens (including phenoxy) is 1. The molecule has 10 heteroatoms. The second-order valence-corrected chi connectivity index (χ2v) is 4.91. The molecule has 1 aromatic carbocycles. The van der Waals surface area contributed by atoms with Crippen LogP contribution in [-0.4, -0.2) is 33.7 Å². The first-order valence-corrected chi connectivity index (χ1v) is 6.43. The number of nitrogens with zero attached hydrogens (tertiary/aromatic N) is 1. The summed E-state index contributed by atoms with van der Waals surface area (Å²) in [6.07, 6.45) is 0. The molecule has 0 saturated carbocycles. The van der Waals surface area contributed by atoms with Gasteiger partial charge in [-0.25, -0.2) is 12.8 Å². The van der Waals surface area contributed by atoms with Crippen LogP contribution in [0.2, 0.25) is 0 Å². The van der Waals surface area contributed by atoms with E-state index in [-0.39, 0.29) is 13.2 Å². The number of rotatable bonds is 7. The van der Waals surface area contributed by atoms with Crippen molar-refractivity contribution in [3.05, 3.63) is 34.1 Å². The van der Waals surface area contributed by atoms with E-state index < -0.39 is 31.3 Å². The molecule has 19 heavy (non-hydrogen) atoms. The molecule has 0 bridgehead atoms. The van der Waals surface area contributed by atoms with Crippen LogP contribution in [0.3, 0.4) is 0 Å². The van der Waals surface area contributed by atoms with Crippen LogP contribution in [0.5, 0.6) is 0 Å². The van der Waals surface area contributed by atoms with Crippen molar-refractivity contribution in [2.75, 3.05) is 20.3 Å². The highest BCUT2D eigenvalue weighted by atomic mass is 32.2. The number of halogens is 1. The molecule has 0 aliphatic heterocycles. The lowest BCUT2D eigenvalue weighted by Gasteiger charge is -2.07. The number of nitro groups is 1. The first-order valence-electron chi connectivity index (χ1n) is 4.95. The van der Waals surface area contributed by atoms with Crippen molar-refractivity contribution in [2.45, 2.75) is 4.90 Å². The van der Waals surface area contributed by atoms with Crippen molar-refractivity contribution in [1.82, 2.24) is 4.89 Å². The largest absolute Gasteiger partial charge is 0.382 e. The predicted molar refractivity (Wildman–Crippen MR) is 61.2 cm³/mol. The van der Waals surface area contributed by atoms with Gasteiger partial charge in [0.2, 0.25) is 0 Å². The van der Waals surface area contributed by atoms with E-state index in [9.17, 15) is 22.9 Å². The average Bonchev–Trinajstić information content (AvgIpc) is 2.34. The number of sulfonamides is 1. The normalized spacial score (nSPS) is 11.5. The Bertz CT molecular complexity index is 562. The van der Waals surface area contributed by atoms with E-state index in [1.54, 1.807) is 4.89 Å². The minimum atomic E-state index is -4.27. The summed E-state index contributed by atoms with van der Waals surface area (Å²) in [6.45, 7) is 0.0543. The summed E-state index contributed by atoms with van der Waals surface area (Å²) in [5.74, 6) is -0.911. The zero-order valence-electron chi connectivity index (χ0n) is 9.83. The lowest BCUT2D eigenvalue weighted by atomic mass is 10.3. The number of nitro benzene ring substituents is 1. The zero-order valence-corrected chi connectivity index (χ0v) is 10.6. The molecule has 0 fully saturated rings. The van der Waals surface area contributed by atoms with E-state index in [1.807, 2.05) is 0 Å². The third-order valence-electron chi connectivity index (χ3n) is 1.97. The number of hydrogen-bond acceptors (Lipinski definition) is 6. The summed E-state index contributed by atoms with van der Waals surface area (Å²) in [5, 5.41) is 10.7. The summed E-state index contributed by atoms with van der Waals surface area (Å²) in [6, 6.07) is 2.11. The average molecular weight is 294 g/mol. The molecule has 0 unspecified atom stereocenters. The van der Waals surface area contributed by atoms with Crippen molar-refractivity contribution in [3.63, 3.8) is 0 Å². The molecule has 0 amide bonds. The first-order chi connectivity index (χ1) is 8.88. The summed E-state index contributed by atoms with van der Waals surface area (Å²) in [5.41, 5.74) is -0.872. The molecule has 106 valence electrons. The van der Waals surface area contributed by atoms with Crippen molar-refractivity contribution in [1.29, 1.82) is 0 Å². The third-order valence-corrected chi connectivity index (χ3v) is 3.23. The molecular formula is C9H11FN2O6S. The Hall–Kier alpha value is -1.62. The Balaban J connectivity index is 2.98. The van der Waals surface area contributed by atoms with Gasteiger partial charge in [0.1, 0.15) is 5.82 Å². The second-order valence-electron chi connectivity index (χ2n) is 3.30. The van der Waals surface area contributed by atoms with Gasteiger partial charge in [-0.15, -0.1) is 0 Å². The fourth-order valence-electron chi connectivity index (χ4n) is 1.15. The standard InChI is InChI=1S/C9H11FN2O6S/c1-17-4-5-18-11-19(15,16)9-3-2-7(10)6-8(9)12(13)14/h2-3,6,11H,4-5H2,1H3. The number of nitrogens with one attached hydrogen (secondary N) is 1. The Morgan fingerprint density at radius 1 is 1.42 bits per heavy atom. The quantitative estimate of drug-likeness (QED) is 0.448. The van der Waals surface area contributed by atoms with Gasteiger partial charge in [0, 0.05) is 7.11 Å². The SMILES string of the molecule is COCCONS(=O)(=O)c1ccc(F)cc1[N+](=O)[O-]. The first kappa shape index (κ1) is 15.4. The minimum absolute atomic E-state index is 0.0786. The smallest absolute Gasteiger partial charge is 0.292 e. The predicted octanol–water partition coefficient (Wildman–Crippen LogP) is 0.590. The summed E-state index contributed by atoms with van der Waals surface area (Å²) in [7, 11) is -2.88. The minimum Gasteiger partial charge on any atom is -0.382 e. The second kappa shape index (κ2) is 6.52. The summed E-state index contributed by atoms with van der Waals surface area (Å²) >= 11 is 0. The lowest BCUT2D eigenvalue weighted by Crippen LogP contribution is -2.26. The fraction of sp³-hybridized carbons (Fsp3) is 0.333. The highest BCUT2D eigenvalue weighted by Crippen LogP contribution is 2.24. The molecule has 0 spiro atoms. The van der Waals surface area contributed by atoms with Crippen molar-refractivity contribution < 1.29 is 27.3 Å². The van der Waals surface area contributed by atoms with Crippen LogP contribution in [0.4, 0.5) is 10.1 Å². The number of hydrogen-bond donors (Lipinski definition) is 1. The maximum Gasteiger partial charge on any atom is 0.292 e. The van der Waals surface area contributed by atoms with Crippen molar-refractivity contribution in [3.8, 4) is 0 Å². The molecule has 1 N–H and O–H groups in total. The maximum atomic E-state index is 12.9. The van der Waals surface area contributed by atoms with Crippen LogP contribution in [-0.2, 0) is 19.6 Å². The van der Waals surface area contributed by atoms with Gasteiger partial charge in [-0.2, -0.15) is 0 Å². The Labute approximate surface area is 108 Å². The molecule has 0 saturated heterocycles. The van der Waals surface area contributed by atoms with Crippen LogP contribution in [0.15, 0.2) is 23.1 Å². The molecule has 0 aliphatic rings. The number of methoxy groups -OCH3 is 1. The molecule has 0 heterocycles. The molecule has 0 aliphatic carbocycles. The summed E-state index contributed by atoms with van der Waals surface area (Å²) in [4.78, 5) is 15.3. The van der Waals surface area contributed by atoms with Gasteiger partial charge < -0.3 is 4.74 Å². The topological polar surface area (TPSA) is 108 Å². The van der Waals surface area contributed by atoms with Gasteiger partial charge in [0.05, 0.1) is 24.2 Å². The van der Waals surface area contributed by atoms with E-state index in [2.05, 4.69) is 9.57 Å². The highest BCUT2D eigenvalue weighted by molar-refractivity contribution is 7.89. The van der Waals surface area contributed by atoms with E-state index >= 15 is 0 Å². The van der Waals surface area contributed by atoms with Gasteiger partial charge in [-0.3, -0.25) is 15.0 Å². The fourth-order valence-corrected chi connectivity index (χ4v) is 2.13. The molecule has 0 atom stereocenters. The van der Waals surface area contributed by atoms with E-state index in [0.717, 1.165) is 12.1 Å². The molecule has 8 nitrogen and oxygen atoms in total. The third kappa shape index (κ3) is 4.21. The van der Waals surface area contributed by atoms with Crippen LogP contribution in [0.25, 0.3) is 0 Å². The molecule has 0 aromatic heterocycles.